The van der Waals surface area contributed by atoms with Gasteiger partial charge in [-0.05, 0) is 130 Å². The first-order chi connectivity index (χ1) is 34.2. The highest BCUT2D eigenvalue weighted by Crippen LogP contribution is 2.57. The number of anilines is 3. The highest BCUT2D eigenvalue weighted by atomic mass is 32.1. The van der Waals surface area contributed by atoms with Crippen LogP contribution in [0.1, 0.15) is 112 Å². The van der Waals surface area contributed by atoms with Crippen LogP contribution in [0.4, 0.5) is 17.1 Å². The Balaban J connectivity index is 0.725. The van der Waals surface area contributed by atoms with Gasteiger partial charge in [-0.1, -0.05) is 25.0 Å². The Labute approximate surface area is 419 Å². The largest absolute Gasteiger partial charge is 0.456 e. The quantitative estimate of drug-likeness (QED) is 0.0600. The van der Waals surface area contributed by atoms with E-state index in [1.54, 1.807) is 34.4 Å². The SMILES string of the molecule is CCN(C(=O)Cn1c(C(=O)N[C@H]2CC[C@H](C(=O)NCCCCCCNC(=O)c3ccc4c(c3)C3(OC4=O)c4ccc(N(C)C)cc4Oc4cc(N(C)C)ccc43)CC2)cc2sccc21)c1cccc(C)c1. The number of ether oxygens (including phenoxy) is 2. The molecule has 0 saturated heterocycles. The number of likely N-dealkylation sites (N-methyl/N-ethyl adjacent to an activating group) is 1. The van der Waals surface area contributed by atoms with Crippen LogP contribution in [0.2, 0.25) is 0 Å². The number of hydrogen-bond donors (Lipinski definition) is 3. The first-order valence-corrected chi connectivity index (χ1v) is 25.6. The minimum absolute atomic E-state index is 0.0484. The average molecular weight is 978 g/mol. The Bertz CT molecular complexity index is 2940. The number of thiophene rings is 1. The van der Waals surface area contributed by atoms with E-state index in [0.717, 1.165) is 58.5 Å². The number of unbranched alkanes of at least 4 members (excludes halogenated alkanes) is 3. The molecule has 4 aromatic carbocycles. The third-order valence-corrected chi connectivity index (χ3v) is 15.0. The maximum absolute atomic E-state index is 13.8. The molecule has 4 heterocycles. The topological polar surface area (TPSA) is 155 Å². The minimum Gasteiger partial charge on any atom is -0.456 e. The van der Waals surface area contributed by atoms with E-state index in [1.165, 1.54) is 0 Å². The number of rotatable bonds is 17. The van der Waals surface area contributed by atoms with E-state index in [0.29, 0.717) is 90.3 Å². The van der Waals surface area contributed by atoms with Gasteiger partial charge in [0.2, 0.25) is 11.8 Å². The van der Waals surface area contributed by atoms with Crippen molar-refractivity contribution < 1.29 is 33.4 Å². The Kier molecular flexibility index (Phi) is 14.2. The zero-order valence-electron chi connectivity index (χ0n) is 41.4. The number of carbonyl (C=O) groups excluding carboxylic acids is 5. The lowest BCUT2D eigenvalue weighted by Crippen LogP contribution is -2.42. The summed E-state index contributed by atoms with van der Waals surface area (Å²) in [6, 6.07) is 28.5. The van der Waals surface area contributed by atoms with Crippen molar-refractivity contribution in [3.8, 4) is 11.5 Å². The van der Waals surface area contributed by atoms with Gasteiger partial charge in [0, 0.05) is 111 Å². The second kappa shape index (κ2) is 20.7. The number of aryl methyl sites for hydroxylation is 1. The maximum atomic E-state index is 13.8. The van der Waals surface area contributed by atoms with Crippen molar-refractivity contribution in [3.05, 3.63) is 135 Å². The van der Waals surface area contributed by atoms with E-state index in [9.17, 15) is 24.0 Å². The predicted octanol–water partition coefficient (Wildman–Crippen LogP) is 9.16. The minimum atomic E-state index is -1.30. The summed E-state index contributed by atoms with van der Waals surface area (Å²) in [5, 5.41) is 11.4. The molecule has 3 aliphatic rings. The van der Waals surface area contributed by atoms with Crippen LogP contribution in [-0.2, 0) is 26.5 Å². The third-order valence-electron chi connectivity index (χ3n) is 14.2. The molecule has 14 nitrogen and oxygen atoms in total. The van der Waals surface area contributed by atoms with Gasteiger partial charge in [-0.15, -0.1) is 11.3 Å². The van der Waals surface area contributed by atoms with Crippen LogP contribution in [-0.4, -0.2) is 88.0 Å². The van der Waals surface area contributed by atoms with Crippen LogP contribution >= 0.6 is 11.3 Å². The van der Waals surface area contributed by atoms with Crippen molar-refractivity contribution >= 4 is 68.2 Å². The zero-order valence-corrected chi connectivity index (χ0v) is 42.2. The highest BCUT2D eigenvalue weighted by molar-refractivity contribution is 7.17. The van der Waals surface area contributed by atoms with Gasteiger partial charge in [-0.3, -0.25) is 19.2 Å². The Morgan fingerprint density at radius 3 is 2.06 bits per heavy atom. The lowest BCUT2D eigenvalue weighted by atomic mass is 9.77. The van der Waals surface area contributed by atoms with Gasteiger partial charge < -0.3 is 44.7 Å². The van der Waals surface area contributed by atoms with Crippen LogP contribution in [0.25, 0.3) is 10.2 Å². The van der Waals surface area contributed by atoms with Crippen molar-refractivity contribution in [2.45, 2.75) is 83.4 Å². The molecule has 1 aliphatic carbocycles. The molecular weight excluding hydrogens is 915 g/mol. The monoisotopic (exact) mass is 977 g/mol. The highest BCUT2D eigenvalue weighted by Gasteiger charge is 2.54. The summed E-state index contributed by atoms with van der Waals surface area (Å²) in [6.45, 7) is 5.58. The van der Waals surface area contributed by atoms with E-state index in [1.807, 2.05) is 135 Å². The van der Waals surface area contributed by atoms with Gasteiger partial charge in [0.05, 0.1) is 15.8 Å². The van der Waals surface area contributed by atoms with Gasteiger partial charge in [0.1, 0.15) is 23.7 Å². The first kappa shape index (κ1) is 48.9. The molecule has 9 rings (SSSR count). The van der Waals surface area contributed by atoms with Gasteiger partial charge >= 0.3 is 5.97 Å². The molecule has 15 heteroatoms. The second-order valence-electron chi connectivity index (χ2n) is 19.3. The number of hydrogen-bond acceptors (Lipinski definition) is 10. The van der Waals surface area contributed by atoms with Crippen molar-refractivity contribution in [1.82, 2.24) is 20.5 Å². The van der Waals surface area contributed by atoms with Crippen molar-refractivity contribution in [2.75, 3.05) is 62.5 Å². The standard InChI is InChI=1S/C56H63N7O7S/c1-7-62(41-14-12-13-35(2)29-41)51(64)34-63-46-25-28-71-50(46)33-47(63)54(67)59-38-18-15-36(16-19-38)52(65)57-26-10-8-9-11-27-58-53(66)37-17-22-42-45(30-37)56(70-55(42)68)43-23-20-39(60(3)4)31-48(43)69-49-32-40(61(5)6)21-24-44(49)56/h12-14,17,20-25,28-33,36,38H,7-11,15-16,18-19,26-27,34H2,1-6H3,(H,57,65)(H,58,66)(H,59,67)/t36-,38-. The Morgan fingerprint density at radius 1 is 0.732 bits per heavy atom. The van der Waals surface area contributed by atoms with Crippen LogP contribution in [0, 0.1) is 12.8 Å². The fourth-order valence-electron chi connectivity index (χ4n) is 10.3. The van der Waals surface area contributed by atoms with Crippen molar-refractivity contribution in [3.63, 3.8) is 0 Å². The van der Waals surface area contributed by atoms with Crippen LogP contribution in [0.3, 0.4) is 0 Å². The number of amides is 4. The number of fused-ring (bicyclic) bond motifs is 7. The molecule has 6 aromatic rings. The van der Waals surface area contributed by atoms with Crippen LogP contribution in [0.15, 0.2) is 96.4 Å². The number of aromatic nitrogens is 1. The Morgan fingerprint density at radius 2 is 1.41 bits per heavy atom. The van der Waals surface area contributed by atoms with Crippen LogP contribution < -0.4 is 35.4 Å². The van der Waals surface area contributed by atoms with Crippen molar-refractivity contribution in [2.24, 2.45) is 5.92 Å². The molecule has 3 N–H and O–H groups in total. The maximum Gasteiger partial charge on any atom is 0.340 e. The number of benzene rings is 4. The molecule has 0 bridgehead atoms. The lowest BCUT2D eigenvalue weighted by molar-refractivity contribution is -0.126. The molecule has 0 unspecified atom stereocenters. The normalized spacial score (nSPS) is 16.3. The van der Waals surface area contributed by atoms with E-state index in [-0.39, 0.29) is 42.1 Å². The Hall–Kier alpha value is -7.13. The van der Waals surface area contributed by atoms with Gasteiger partial charge in [-0.25, -0.2) is 4.79 Å². The fraction of sp³-hybridized carbons (Fsp3) is 0.375. The molecule has 1 fully saturated rings. The lowest BCUT2D eigenvalue weighted by Gasteiger charge is -2.37. The first-order valence-electron chi connectivity index (χ1n) is 24.8. The van der Waals surface area contributed by atoms with Gasteiger partial charge in [-0.2, -0.15) is 0 Å². The summed E-state index contributed by atoms with van der Waals surface area (Å²) in [5.74, 6) is 0.115. The molecule has 0 radical (unpaired) electrons. The molecule has 370 valence electrons. The van der Waals surface area contributed by atoms with E-state index >= 15 is 0 Å². The molecule has 71 heavy (non-hydrogen) atoms. The summed E-state index contributed by atoms with van der Waals surface area (Å²) >= 11 is 1.55. The van der Waals surface area contributed by atoms with Crippen molar-refractivity contribution in [1.29, 1.82) is 0 Å². The van der Waals surface area contributed by atoms with Gasteiger partial charge in [0.25, 0.3) is 11.8 Å². The molecule has 1 saturated carbocycles. The molecule has 1 spiro atoms. The number of carbonyl (C=O) groups is 5. The fourth-order valence-corrected chi connectivity index (χ4v) is 11.1. The summed E-state index contributed by atoms with van der Waals surface area (Å²) in [6.07, 6.45) is 6.15. The molecule has 0 atom stereocenters. The summed E-state index contributed by atoms with van der Waals surface area (Å²) in [7, 11) is 7.82. The summed E-state index contributed by atoms with van der Waals surface area (Å²) in [4.78, 5) is 73.5. The predicted molar refractivity (Wildman–Crippen MR) is 279 cm³/mol. The van der Waals surface area contributed by atoms with E-state index in [2.05, 4.69) is 16.0 Å². The zero-order chi connectivity index (χ0) is 50.0. The summed E-state index contributed by atoms with van der Waals surface area (Å²) < 4.78 is 15.7. The second-order valence-corrected chi connectivity index (χ2v) is 20.3. The smallest absolute Gasteiger partial charge is 0.340 e. The molecule has 2 aliphatic heterocycles. The molecule has 2 aromatic heterocycles. The number of nitrogens with one attached hydrogen (secondary N) is 3. The number of nitrogens with zero attached hydrogens (tertiary/aromatic N) is 4. The summed E-state index contributed by atoms with van der Waals surface area (Å²) in [5.41, 5.74) is 6.63. The van der Waals surface area contributed by atoms with Gasteiger partial charge in [0.15, 0.2) is 5.60 Å². The van der Waals surface area contributed by atoms with Crippen LogP contribution in [0.5, 0.6) is 11.5 Å². The molecule has 4 amide bonds. The third kappa shape index (κ3) is 9.84. The number of esters is 1. The average Bonchev–Trinajstić information content (AvgIpc) is 4.05. The molecular formula is C56H63N7O7S. The van der Waals surface area contributed by atoms with E-state index in [4.69, 9.17) is 9.47 Å². The van der Waals surface area contributed by atoms with E-state index < -0.39 is 11.6 Å².